The van der Waals surface area contributed by atoms with E-state index in [-0.39, 0.29) is 0 Å². The highest BCUT2D eigenvalue weighted by atomic mass is 15.3. The van der Waals surface area contributed by atoms with E-state index in [0.29, 0.717) is 12.0 Å². The minimum atomic E-state index is 0.461. The second-order valence-electron chi connectivity index (χ2n) is 6.48. The van der Waals surface area contributed by atoms with Crippen molar-refractivity contribution in [3.63, 3.8) is 0 Å². The summed E-state index contributed by atoms with van der Waals surface area (Å²) in [4.78, 5) is 2.70. The monoisotopic (exact) mass is 277 g/mol. The molecule has 0 aromatic carbocycles. The molecule has 1 N–H and O–H groups in total. The molecule has 1 aromatic rings. The average Bonchev–Trinajstić information content (AvgIpc) is 2.98. The van der Waals surface area contributed by atoms with E-state index in [9.17, 15) is 0 Å². The van der Waals surface area contributed by atoms with Crippen molar-refractivity contribution >= 4 is 0 Å². The fourth-order valence-electron chi connectivity index (χ4n) is 3.64. The van der Waals surface area contributed by atoms with Gasteiger partial charge in [0.15, 0.2) is 0 Å². The van der Waals surface area contributed by atoms with Crippen LogP contribution in [0.5, 0.6) is 0 Å². The molecule has 0 aliphatic carbocycles. The molecule has 0 radical (unpaired) electrons. The van der Waals surface area contributed by atoms with Gasteiger partial charge in [0.2, 0.25) is 0 Å². The summed E-state index contributed by atoms with van der Waals surface area (Å²) in [5, 5.41) is 12.0. The number of nitrogens with zero attached hydrogens (tertiary/aromatic N) is 4. The van der Waals surface area contributed by atoms with Crippen LogP contribution in [0.2, 0.25) is 0 Å². The van der Waals surface area contributed by atoms with E-state index >= 15 is 0 Å². The average molecular weight is 277 g/mol. The number of piperidine rings is 2. The lowest BCUT2D eigenvalue weighted by atomic mass is 9.93. The standard InChI is InChI=1S/C15H27N5/c1-12(2)20-11-17-18-15(20)13-5-9-19(10-6-13)14-3-7-16-8-4-14/h11-14,16H,3-10H2,1-2H3. The van der Waals surface area contributed by atoms with E-state index in [0.717, 1.165) is 6.04 Å². The van der Waals surface area contributed by atoms with Crippen LogP contribution < -0.4 is 5.32 Å². The third-order valence-electron chi connectivity index (χ3n) is 4.88. The summed E-state index contributed by atoms with van der Waals surface area (Å²) in [6.45, 7) is 9.23. The molecule has 0 atom stereocenters. The molecule has 0 saturated carbocycles. The van der Waals surface area contributed by atoms with Crippen LogP contribution in [-0.2, 0) is 0 Å². The van der Waals surface area contributed by atoms with Crippen molar-refractivity contribution in [3.05, 3.63) is 12.2 Å². The molecule has 5 heteroatoms. The smallest absolute Gasteiger partial charge is 0.136 e. The van der Waals surface area contributed by atoms with E-state index < -0.39 is 0 Å². The lowest BCUT2D eigenvalue weighted by Gasteiger charge is -2.39. The second-order valence-corrected chi connectivity index (χ2v) is 6.48. The number of rotatable bonds is 3. The molecular formula is C15H27N5. The number of nitrogens with one attached hydrogen (secondary N) is 1. The summed E-state index contributed by atoms with van der Waals surface area (Å²) in [6.07, 6.45) is 6.98. The highest BCUT2D eigenvalue weighted by Crippen LogP contribution is 2.29. The molecule has 112 valence electrons. The van der Waals surface area contributed by atoms with Gasteiger partial charge in [-0.15, -0.1) is 10.2 Å². The van der Waals surface area contributed by atoms with Crippen molar-refractivity contribution in [2.45, 2.75) is 57.5 Å². The Morgan fingerprint density at radius 1 is 1.15 bits per heavy atom. The van der Waals surface area contributed by atoms with Gasteiger partial charge in [0, 0.05) is 18.0 Å². The van der Waals surface area contributed by atoms with Crippen LogP contribution in [0.1, 0.15) is 57.3 Å². The molecular weight excluding hydrogens is 250 g/mol. The Morgan fingerprint density at radius 3 is 2.50 bits per heavy atom. The van der Waals surface area contributed by atoms with E-state index in [1.807, 2.05) is 6.33 Å². The second kappa shape index (κ2) is 6.22. The predicted octanol–water partition coefficient (Wildman–Crippen LogP) is 1.79. The third-order valence-corrected chi connectivity index (χ3v) is 4.88. The summed E-state index contributed by atoms with van der Waals surface area (Å²) in [5.41, 5.74) is 0. The molecule has 5 nitrogen and oxygen atoms in total. The quantitative estimate of drug-likeness (QED) is 0.915. The van der Waals surface area contributed by atoms with Crippen molar-refractivity contribution < 1.29 is 0 Å². The van der Waals surface area contributed by atoms with Gasteiger partial charge in [0.1, 0.15) is 12.2 Å². The van der Waals surface area contributed by atoms with Crippen molar-refractivity contribution in [1.82, 2.24) is 25.0 Å². The summed E-state index contributed by atoms with van der Waals surface area (Å²) >= 11 is 0. The molecule has 1 aromatic heterocycles. The largest absolute Gasteiger partial charge is 0.317 e. The van der Waals surface area contributed by atoms with Crippen molar-refractivity contribution in [2.24, 2.45) is 0 Å². The zero-order valence-corrected chi connectivity index (χ0v) is 12.8. The maximum absolute atomic E-state index is 4.38. The topological polar surface area (TPSA) is 46.0 Å². The first kappa shape index (κ1) is 14.0. The number of hydrogen-bond donors (Lipinski definition) is 1. The van der Waals surface area contributed by atoms with Gasteiger partial charge in [-0.05, 0) is 65.7 Å². The van der Waals surface area contributed by atoms with Crippen LogP contribution in [0.3, 0.4) is 0 Å². The molecule has 0 amide bonds. The van der Waals surface area contributed by atoms with Gasteiger partial charge in [-0.25, -0.2) is 0 Å². The van der Waals surface area contributed by atoms with E-state index in [4.69, 9.17) is 0 Å². The van der Waals surface area contributed by atoms with Gasteiger partial charge in [-0.2, -0.15) is 0 Å². The number of aromatic nitrogens is 3. The van der Waals surface area contributed by atoms with Gasteiger partial charge < -0.3 is 14.8 Å². The highest BCUT2D eigenvalue weighted by Gasteiger charge is 2.29. The summed E-state index contributed by atoms with van der Waals surface area (Å²) in [6, 6.07) is 1.27. The van der Waals surface area contributed by atoms with E-state index in [1.165, 1.54) is 57.7 Å². The summed E-state index contributed by atoms with van der Waals surface area (Å²) in [5.74, 6) is 1.79. The molecule has 2 aliphatic rings. The molecule has 2 saturated heterocycles. The Hall–Kier alpha value is -0.940. The van der Waals surface area contributed by atoms with Crippen LogP contribution >= 0.6 is 0 Å². The molecule has 0 spiro atoms. The third kappa shape index (κ3) is 2.88. The number of hydrogen-bond acceptors (Lipinski definition) is 4. The van der Waals surface area contributed by atoms with Crippen LogP contribution in [0.4, 0.5) is 0 Å². The van der Waals surface area contributed by atoms with Crippen LogP contribution in [-0.4, -0.2) is 51.9 Å². The summed E-state index contributed by atoms with van der Waals surface area (Å²) < 4.78 is 2.24. The fourth-order valence-corrected chi connectivity index (χ4v) is 3.64. The molecule has 3 heterocycles. The fraction of sp³-hybridized carbons (Fsp3) is 0.867. The number of likely N-dealkylation sites (tertiary alicyclic amines) is 1. The Balaban J connectivity index is 1.59. The Labute approximate surface area is 121 Å². The maximum Gasteiger partial charge on any atom is 0.136 e. The molecule has 20 heavy (non-hydrogen) atoms. The lowest BCUT2D eigenvalue weighted by molar-refractivity contribution is 0.124. The van der Waals surface area contributed by atoms with Crippen LogP contribution in [0.15, 0.2) is 6.33 Å². The van der Waals surface area contributed by atoms with E-state index in [1.54, 1.807) is 0 Å². The van der Waals surface area contributed by atoms with Crippen molar-refractivity contribution in [3.8, 4) is 0 Å². The van der Waals surface area contributed by atoms with Crippen molar-refractivity contribution in [2.75, 3.05) is 26.2 Å². The first-order valence-electron chi connectivity index (χ1n) is 8.10. The van der Waals surface area contributed by atoms with E-state index in [2.05, 4.69) is 38.8 Å². The normalized spacial score (nSPS) is 23.6. The minimum Gasteiger partial charge on any atom is -0.317 e. The molecule has 0 unspecified atom stereocenters. The Kier molecular flexibility index (Phi) is 4.36. The van der Waals surface area contributed by atoms with Gasteiger partial charge in [0.05, 0.1) is 0 Å². The predicted molar refractivity (Wildman–Crippen MR) is 79.8 cm³/mol. The van der Waals surface area contributed by atoms with Gasteiger partial charge in [0.25, 0.3) is 0 Å². The Morgan fingerprint density at radius 2 is 1.85 bits per heavy atom. The van der Waals surface area contributed by atoms with Gasteiger partial charge in [-0.3, -0.25) is 0 Å². The maximum atomic E-state index is 4.38. The highest BCUT2D eigenvalue weighted by molar-refractivity contribution is 5.00. The summed E-state index contributed by atoms with van der Waals surface area (Å²) in [7, 11) is 0. The van der Waals surface area contributed by atoms with Crippen LogP contribution in [0, 0.1) is 0 Å². The SMILES string of the molecule is CC(C)n1cnnc1C1CCN(C2CCNCC2)CC1. The molecule has 0 bridgehead atoms. The zero-order valence-electron chi connectivity index (χ0n) is 12.8. The first-order valence-corrected chi connectivity index (χ1v) is 8.10. The van der Waals surface area contributed by atoms with Crippen molar-refractivity contribution in [1.29, 1.82) is 0 Å². The molecule has 3 rings (SSSR count). The molecule has 2 aliphatic heterocycles. The van der Waals surface area contributed by atoms with Crippen LogP contribution in [0.25, 0.3) is 0 Å². The lowest BCUT2D eigenvalue weighted by Crippen LogP contribution is -2.46. The van der Waals surface area contributed by atoms with Gasteiger partial charge >= 0.3 is 0 Å². The Bertz CT molecular complexity index is 414. The first-order chi connectivity index (χ1) is 9.75. The minimum absolute atomic E-state index is 0.461. The molecule has 2 fully saturated rings. The zero-order chi connectivity index (χ0) is 13.9. The van der Waals surface area contributed by atoms with Gasteiger partial charge in [-0.1, -0.05) is 0 Å².